The van der Waals surface area contributed by atoms with Crippen LogP contribution in [0.25, 0.3) is 0 Å². The van der Waals surface area contributed by atoms with Gasteiger partial charge in [-0.3, -0.25) is 9.10 Å². The van der Waals surface area contributed by atoms with Crippen LogP contribution in [0, 0.1) is 0 Å². The number of para-hydroxylation sites is 1. The van der Waals surface area contributed by atoms with E-state index in [1.165, 1.54) is 41.7 Å². The average Bonchev–Trinajstić information content (AvgIpc) is 2.97. The predicted octanol–water partition coefficient (Wildman–Crippen LogP) is 6.17. The van der Waals surface area contributed by atoms with Crippen molar-refractivity contribution in [2.75, 3.05) is 23.3 Å². The fourth-order valence-electron chi connectivity index (χ4n) is 3.97. The summed E-state index contributed by atoms with van der Waals surface area (Å²) < 4.78 is 39.4. The first kappa shape index (κ1) is 28.7. The molecule has 8 nitrogen and oxygen atoms in total. The molecule has 0 saturated carbocycles. The Labute approximate surface area is 238 Å². The summed E-state index contributed by atoms with van der Waals surface area (Å²) in [5, 5.41) is 2.92. The number of anilines is 2. The van der Waals surface area contributed by atoms with Crippen LogP contribution >= 0.6 is 11.6 Å². The normalized spacial score (nSPS) is 11.0. The third-order valence-electron chi connectivity index (χ3n) is 5.95. The molecule has 40 heavy (non-hydrogen) atoms. The monoisotopic (exact) mass is 578 g/mol. The topological polar surface area (TPSA) is 102 Å². The first-order valence-electron chi connectivity index (χ1n) is 12.3. The molecule has 0 saturated heterocycles. The predicted molar refractivity (Wildman–Crippen MR) is 155 cm³/mol. The van der Waals surface area contributed by atoms with Gasteiger partial charge in [0, 0.05) is 5.69 Å². The van der Waals surface area contributed by atoms with Gasteiger partial charge in [-0.1, -0.05) is 54.1 Å². The fourth-order valence-corrected chi connectivity index (χ4v) is 5.64. The van der Waals surface area contributed by atoms with Crippen molar-refractivity contribution in [2.45, 2.75) is 18.4 Å². The largest absolute Gasteiger partial charge is 0.497 e. The minimum absolute atomic E-state index is 0.0204. The van der Waals surface area contributed by atoms with Crippen LogP contribution in [0.4, 0.5) is 11.4 Å². The number of carbonyl (C=O) groups is 2. The van der Waals surface area contributed by atoms with Gasteiger partial charge in [0.25, 0.3) is 15.9 Å². The number of hydrogen-bond acceptors (Lipinski definition) is 6. The molecule has 4 aromatic carbocycles. The van der Waals surface area contributed by atoms with E-state index in [4.69, 9.17) is 21.1 Å². The second-order valence-corrected chi connectivity index (χ2v) is 10.8. The van der Waals surface area contributed by atoms with Crippen LogP contribution in [0.2, 0.25) is 5.02 Å². The van der Waals surface area contributed by atoms with Crippen molar-refractivity contribution in [2.24, 2.45) is 0 Å². The quantitative estimate of drug-likeness (QED) is 0.226. The summed E-state index contributed by atoms with van der Waals surface area (Å²) in [5.41, 5.74) is 1.41. The Hall–Kier alpha value is -4.34. The molecule has 1 N–H and O–H groups in total. The third-order valence-corrected chi connectivity index (χ3v) is 8.06. The van der Waals surface area contributed by atoms with E-state index in [1.807, 2.05) is 30.3 Å². The second-order valence-electron chi connectivity index (χ2n) is 8.56. The maximum atomic E-state index is 14.0. The summed E-state index contributed by atoms with van der Waals surface area (Å²) in [5.74, 6) is -0.683. The molecule has 0 unspecified atom stereocenters. The molecule has 0 radical (unpaired) electrons. The number of nitrogens with one attached hydrogen (secondary N) is 1. The molecular formula is C30H27ClN2O6S. The lowest BCUT2D eigenvalue weighted by molar-refractivity contribution is 0.0526. The van der Waals surface area contributed by atoms with E-state index >= 15 is 0 Å². The number of hydrogen-bond donors (Lipinski definition) is 1. The first-order chi connectivity index (χ1) is 19.2. The lowest BCUT2D eigenvalue weighted by atomic mass is 10.1. The van der Waals surface area contributed by atoms with Crippen molar-refractivity contribution >= 4 is 44.9 Å². The van der Waals surface area contributed by atoms with E-state index in [-0.39, 0.29) is 39.9 Å². The summed E-state index contributed by atoms with van der Waals surface area (Å²) in [6, 6.07) is 26.0. The molecule has 0 aliphatic heterocycles. The number of ether oxygens (including phenoxy) is 2. The molecule has 206 valence electrons. The SMILES string of the molecule is CCOC(=O)c1cc(NC(=O)c2ccccc2N(Cc2ccccc2)S(=O)(=O)c2ccc(OC)cc2)ccc1Cl. The Morgan fingerprint density at radius 1 is 0.875 bits per heavy atom. The number of sulfonamides is 1. The lowest BCUT2D eigenvalue weighted by Gasteiger charge is -2.27. The number of halogens is 1. The highest BCUT2D eigenvalue weighted by Crippen LogP contribution is 2.31. The fraction of sp³-hybridized carbons (Fsp3) is 0.133. The van der Waals surface area contributed by atoms with E-state index in [0.29, 0.717) is 11.4 Å². The summed E-state index contributed by atoms with van der Waals surface area (Å²) in [7, 11) is -2.62. The molecule has 0 aromatic heterocycles. The summed E-state index contributed by atoms with van der Waals surface area (Å²) in [6.45, 7) is 1.82. The van der Waals surface area contributed by atoms with E-state index in [2.05, 4.69) is 5.32 Å². The molecule has 1 amide bonds. The molecule has 4 rings (SSSR count). The highest BCUT2D eigenvalue weighted by Gasteiger charge is 2.29. The molecule has 0 bridgehead atoms. The lowest BCUT2D eigenvalue weighted by Crippen LogP contribution is -2.32. The molecule has 10 heteroatoms. The van der Waals surface area contributed by atoms with Crippen LogP contribution in [0.3, 0.4) is 0 Å². The van der Waals surface area contributed by atoms with Gasteiger partial charge in [-0.05, 0) is 67.1 Å². The second kappa shape index (κ2) is 12.7. The van der Waals surface area contributed by atoms with E-state index in [9.17, 15) is 18.0 Å². The summed E-state index contributed by atoms with van der Waals surface area (Å²) in [4.78, 5) is 25.8. The van der Waals surface area contributed by atoms with Gasteiger partial charge in [-0.25, -0.2) is 13.2 Å². The van der Waals surface area contributed by atoms with Crippen LogP contribution in [0.1, 0.15) is 33.2 Å². The van der Waals surface area contributed by atoms with Crippen molar-refractivity contribution < 1.29 is 27.5 Å². The maximum Gasteiger partial charge on any atom is 0.339 e. The smallest absolute Gasteiger partial charge is 0.339 e. The van der Waals surface area contributed by atoms with Gasteiger partial charge >= 0.3 is 5.97 Å². The van der Waals surface area contributed by atoms with Crippen molar-refractivity contribution in [3.05, 3.63) is 119 Å². The molecule has 0 fully saturated rings. The standard InChI is InChI=1S/C30H27ClN2O6S/c1-3-39-30(35)26-19-22(13-18-27(26)31)32-29(34)25-11-7-8-12-28(25)33(20-21-9-5-4-6-10-21)40(36,37)24-16-14-23(38-2)15-17-24/h4-19H,3,20H2,1-2H3,(H,32,34). The molecule has 0 spiro atoms. The average molecular weight is 579 g/mol. The Kier molecular flexibility index (Phi) is 9.08. The first-order valence-corrected chi connectivity index (χ1v) is 14.1. The zero-order valence-electron chi connectivity index (χ0n) is 21.8. The molecule has 0 aliphatic carbocycles. The van der Waals surface area contributed by atoms with Crippen molar-refractivity contribution in [1.29, 1.82) is 0 Å². The number of amides is 1. The van der Waals surface area contributed by atoms with Crippen LogP contribution in [-0.4, -0.2) is 34.0 Å². The zero-order chi connectivity index (χ0) is 28.7. The Balaban J connectivity index is 1.75. The van der Waals surface area contributed by atoms with Gasteiger partial charge in [0.15, 0.2) is 0 Å². The Morgan fingerprint density at radius 3 is 2.23 bits per heavy atom. The third kappa shape index (κ3) is 6.44. The van der Waals surface area contributed by atoms with Crippen LogP contribution in [0.5, 0.6) is 5.75 Å². The highest BCUT2D eigenvalue weighted by molar-refractivity contribution is 7.92. The molecular weight excluding hydrogens is 552 g/mol. The van der Waals surface area contributed by atoms with Gasteiger partial charge in [0.05, 0.1) is 47.0 Å². The van der Waals surface area contributed by atoms with Crippen LogP contribution in [0.15, 0.2) is 102 Å². The Bertz CT molecular complexity index is 1610. The van der Waals surface area contributed by atoms with Crippen molar-refractivity contribution in [3.63, 3.8) is 0 Å². The van der Waals surface area contributed by atoms with E-state index in [1.54, 1.807) is 43.3 Å². The molecule has 4 aromatic rings. The number of rotatable bonds is 10. The zero-order valence-corrected chi connectivity index (χ0v) is 23.4. The molecule has 0 aliphatic rings. The summed E-state index contributed by atoms with van der Waals surface area (Å²) in [6.07, 6.45) is 0. The number of nitrogens with zero attached hydrogens (tertiary/aromatic N) is 1. The van der Waals surface area contributed by atoms with Gasteiger partial charge in [0.2, 0.25) is 0 Å². The number of esters is 1. The van der Waals surface area contributed by atoms with Gasteiger partial charge in [-0.2, -0.15) is 0 Å². The highest BCUT2D eigenvalue weighted by atomic mass is 35.5. The molecule has 0 heterocycles. The van der Waals surface area contributed by atoms with E-state index in [0.717, 1.165) is 5.56 Å². The minimum Gasteiger partial charge on any atom is -0.497 e. The number of carbonyl (C=O) groups excluding carboxylic acids is 2. The minimum atomic E-state index is -4.12. The molecule has 0 atom stereocenters. The van der Waals surface area contributed by atoms with Gasteiger partial charge in [-0.15, -0.1) is 0 Å². The van der Waals surface area contributed by atoms with E-state index < -0.39 is 21.9 Å². The number of benzene rings is 4. The van der Waals surface area contributed by atoms with Crippen molar-refractivity contribution in [1.82, 2.24) is 0 Å². The Morgan fingerprint density at radius 2 is 1.55 bits per heavy atom. The van der Waals surface area contributed by atoms with Gasteiger partial charge < -0.3 is 14.8 Å². The van der Waals surface area contributed by atoms with Gasteiger partial charge in [0.1, 0.15) is 5.75 Å². The van der Waals surface area contributed by atoms with Crippen LogP contribution < -0.4 is 14.4 Å². The van der Waals surface area contributed by atoms with Crippen LogP contribution in [-0.2, 0) is 21.3 Å². The summed E-state index contributed by atoms with van der Waals surface area (Å²) >= 11 is 6.16. The maximum absolute atomic E-state index is 14.0. The number of methoxy groups -OCH3 is 1. The van der Waals surface area contributed by atoms with Crippen molar-refractivity contribution in [3.8, 4) is 5.75 Å².